The molecule has 1 unspecified atom stereocenters. The summed E-state index contributed by atoms with van der Waals surface area (Å²) in [7, 11) is 1.70. The van der Waals surface area contributed by atoms with E-state index < -0.39 is 0 Å². The van der Waals surface area contributed by atoms with Gasteiger partial charge >= 0.3 is 0 Å². The first-order valence-electron chi connectivity index (χ1n) is 5.85. The minimum absolute atomic E-state index is 0.313. The summed E-state index contributed by atoms with van der Waals surface area (Å²) in [4.78, 5) is 1.26. The zero-order valence-electron chi connectivity index (χ0n) is 11.1. The van der Waals surface area contributed by atoms with E-state index in [0.717, 1.165) is 17.3 Å². The summed E-state index contributed by atoms with van der Waals surface area (Å²) >= 11 is 6.34. The molecule has 1 rings (SSSR count). The minimum Gasteiger partial charge on any atom is -0.497 e. The lowest BCUT2D eigenvalue weighted by Crippen LogP contribution is -2.24. The maximum atomic E-state index is 5.23. The Balaban J connectivity index is 2.59. The van der Waals surface area contributed by atoms with Gasteiger partial charge in [0.1, 0.15) is 5.75 Å². The van der Waals surface area contributed by atoms with Crippen molar-refractivity contribution in [2.24, 2.45) is 11.3 Å². The van der Waals surface area contributed by atoms with Crippen LogP contribution in [0.2, 0.25) is 0 Å². The van der Waals surface area contributed by atoms with Crippen LogP contribution in [0.3, 0.4) is 0 Å². The average Bonchev–Trinajstić information content (AvgIpc) is 2.28. The second-order valence-corrected chi connectivity index (χ2v) is 6.69. The first kappa shape index (κ1) is 14.8. The molecule has 0 amide bonds. The average molecular weight is 270 g/mol. The molecule has 0 saturated carbocycles. The van der Waals surface area contributed by atoms with Crippen LogP contribution in [0, 0.1) is 11.3 Å². The topological polar surface area (TPSA) is 9.23 Å². The number of ether oxygens (including phenoxy) is 1. The Kier molecular flexibility index (Phi) is 5.74. The van der Waals surface area contributed by atoms with Gasteiger partial charge in [0.2, 0.25) is 0 Å². The number of thioether (sulfide) groups is 1. The molecule has 0 heterocycles. The highest BCUT2D eigenvalue weighted by atomic mass is 32.2. The van der Waals surface area contributed by atoms with Gasteiger partial charge in [0.25, 0.3) is 0 Å². The molecule has 3 heteroatoms. The molecule has 1 aromatic rings. The Morgan fingerprint density at radius 3 is 2.59 bits per heavy atom. The zero-order valence-corrected chi connectivity index (χ0v) is 12.8. The van der Waals surface area contributed by atoms with Crippen molar-refractivity contribution in [3.63, 3.8) is 0 Å². The maximum Gasteiger partial charge on any atom is 0.119 e. The predicted molar refractivity (Wildman–Crippen MR) is 80.5 cm³/mol. The van der Waals surface area contributed by atoms with Crippen molar-refractivity contribution in [2.45, 2.75) is 25.7 Å². The lowest BCUT2D eigenvalue weighted by Gasteiger charge is -2.29. The van der Waals surface area contributed by atoms with Gasteiger partial charge in [0, 0.05) is 10.6 Å². The second kappa shape index (κ2) is 6.60. The third-order valence-corrected chi connectivity index (χ3v) is 4.53. The van der Waals surface area contributed by atoms with Crippen molar-refractivity contribution in [2.75, 3.05) is 18.6 Å². The summed E-state index contributed by atoms with van der Waals surface area (Å²) in [5.41, 5.74) is 0.313. The molecule has 1 atom stereocenters. The van der Waals surface area contributed by atoms with Crippen LogP contribution in [-0.2, 0) is 0 Å². The molecular formula is C14H22OS2. The quantitative estimate of drug-likeness (QED) is 0.628. The fourth-order valence-electron chi connectivity index (χ4n) is 1.46. The summed E-state index contributed by atoms with van der Waals surface area (Å²) in [6, 6.07) is 8.23. The monoisotopic (exact) mass is 270 g/mol. The van der Waals surface area contributed by atoms with Crippen LogP contribution < -0.4 is 4.74 Å². The summed E-state index contributed by atoms with van der Waals surface area (Å²) in [5.74, 6) is 3.57. The van der Waals surface area contributed by atoms with Crippen LogP contribution in [0.25, 0.3) is 0 Å². The van der Waals surface area contributed by atoms with Gasteiger partial charge in [0.05, 0.1) is 7.11 Å². The molecule has 0 N–H and O–H groups in total. The highest BCUT2D eigenvalue weighted by molar-refractivity contribution is 7.99. The number of hydrogen-bond acceptors (Lipinski definition) is 3. The van der Waals surface area contributed by atoms with Gasteiger partial charge in [0.15, 0.2) is 0 Å². The number of methoxy groups -OCH3 is 1. The van der Waals surface area contributed by atoms with Gasteiger partial charge in [-0.25, -0.2) is 0 Å². The van der Waals surface area contributed by atoms with Crippen molar-refractivity contribution in [1.29, 1.82) is 0 Å². The smallest absolute Gasteiger partial charge is 0.119 e. The fourth-order valence-corrected chi connectivity index (χ4v) is 3.70. The van der Waals surface area contributed by atoms with E-state index in [2.05, 4.69) is 45.5 Å². The molecule has 17 heavy (non-hydrogen) atoms. The Bertz CT molecular complexity index is 344. The van der Waals surface area contributed by atoms with Gasteiger partial charge in [-0.2, -0.15) is 12.6 Å². The third-order valence-electron chi connectivity index (χ3n) is 2.94. The first-order chi connectivity index (χ1) is 7.97. The van der Waals surface area contributed by atoms with Gasteiger partial charge in [-0.1, -0.05) is 26.8 Å². The van der Waals surface area contributed by atoms with Crippen LogP contribution in [0.15, 0.2) is 29.2 Å². The van der Waals surface area contributed by atoms with E-state index in [4.69, 9.17) is 4.74 Å². The second-order valence-electron chi connectivity index (χ2n) is 5.24. The van der Waals surface area contributed by atoms with Crippen LogP contribution in [0.5, 0.6) is 5.75 Å². The molecule has 0 radical (unpaired) electrons. The predicted octanol–water partition coefficient (Wildman–Crippen LogP) is 4.38. The maximum absolute atomic E-state index is 5.23. The van der Waals surface area contributed by atoms with Crippen molar-refractivity contribution in [3.05, 3.63) is 24.3 Å². The Morgan fingerprint density at radius 1 is 1.35 bits per heavy atom. The van der Waals surface area contributed by atoms with Crippen LogP contribution in [-0.4, -0.2) is 18.6 Å². The van der Waals surface area contributed by atoms with E-state index in [-0.39, 0.29) is 0 Å². The van der Waals surface area contributed by atoms with E-state index in [1.807, 2.05) is 23.9 Å². The Labute approximate surface area is 115 Å². The number of rotatable bonds is 5. The summed E-state index contributed by atoms with van der Waals surface area (Å²) < 4.78 is 5.23. The lowest BCUT2D eigenvalue weighted by molar-refractivity contribution is 0.294. The van der Waals surface area contributed by atoms with Gasteiger partial charge in [-0.15, -0.1) is 11.8 Å². The Hall–Kier alpha value is -0.280. The largest absolute Gasteiger partial charge is 0.497 e. The van der Waals surface area contributed by atoms with E-state index in [1.165, 1.54) is 4.90 Å². The highest BCUT2D eigenvalue weighted by Crippen LogP contribution is 2.33. The SMILES string of the molecule is COc1cccc(SCC(CS)C(C)(C)C)c1. The molecule has 0 aromatic heterocycles. The fraction of sp³-hybridized carbons (Fsp3) is 0.571. The molecule has 0 aliphatic carbocycles. The Morgan fingerprint density at radius 2 is 2.06 bits per heavy atom. The van der Waals surface area contributed by atoms with Crippen molar-refractivity contribution in [1.82, 2.24) is 0 Å². The van der Waals surface area contributed by atoms with E-state index in [0.29, 0.717) is 11.3 Å². The molecule has 0 saturated heterocycles. The molecule has 0 aliphatic rings. The standard InChI is InChI=1S/C14H22OS2/c1-14(2,3)11(9-16)10-17-13-7-5-6-12(8-13)15-4/h5-8,11,16H,9-10H2,1-4H3. The van der Waals surface area contributed by atoms with Crippen LogP contribution in [0.4, 0.5) is 0 Å². The normalized spacial score (nSPS) is 13.5. The van der Waals surface area contributed by atoms with Crippen LogP contribution in [0.1, 0.15) is 20.8 Å². The summed E-state index contributed by atoms with van der Waals surface area (Å²) in [5, 5.41) is 0. The molecule has 0 spiro atoms. The van der Waals surface area contributed by atoms with Crippen LogP contribution >= 0.6 is 24.4 Å². The number of benzene rings is 1. The lowest BCUT2D eigenvalue weighted by atomic mass is 9.83. The number of hydrogen-bond donors (Lipinski definition) is 1. The minimum atomic E-state index is 0.313. The molecule has 0 bridgehead atoms. The van der Waals surface area contributed by atoms with Crippen molar-refractivity contribution >= 4 is 24.4 Å². The zero-order chi connectivity index (χ0) is 12.9. The highest BCUT2D eigenvalue weighted by Gasteiger charge is 2.23. The van der Waals surface area contributed by atoms with Gasteiger partial charge in [-0.3, -0.25) is 0 Å². The molecule has 0 fully saturated rings. The van der Waals surface area contributed by atoms with Crippen molar-refractivity contribution in [3.8, 4) is 5.75 Å². The first-order valence-corrected chi connectivity index (χ1v) is 7.47. The third kappa shape index (κ3) is 4.84. The summed E-state index contributed by atoms with van der Waals surface area (Å²) in [6.07, 6.45) is 0. The molecule has 96 valence electrons. The summed E-state index contributed by atoms with van der Waals surface area (Å²) in [6.45, 7) is 6.83. The molecule has 0 aliphatic heterocycles. The molecule has 1 nitrogen and oxygen atoms in total. The van der Waals surface area contributed by atoms with E-state index in [9.17, 15) is 0 Å². The van der Waals surface area contributed by atoms with Gasteiger partial charge < -0.3 is 4.74 Å². The van der Waals surface area contributed by atoms with Gasteiger partial charge in [-0.05, 0) is 35.3 Å². The van der Waals surface area contributed by atoms with E-state index >= 15 is 0 Å². The molecule has 1 aromatic carbocycles. The van der Waals surface area contributed by atoms with E-state index in [1.54, 1.807) is 7.11 Å². The number of thiol groups is 1. The van der Waals surface area contributed by atoms with Crippen molar-refractivity contribution < 1.29 is 4.74 Å². The molecular weight excluding hydrogens is 248 g/mol.